The van der Waals surface area contributed by atoms with Crippen LogP contribution in [0, 0.1) is 0 Å². The maximum atomic E-state index is 12.6. The van der Waals surface area contributed by atoms with Crippen molar-refractivity contribution in [2.24, 2.45) is 4.99 Å². The quantitative estimate of drug-likeness (QED) is 0.364. The molecule has 0 aliphatic carbocycles. The van der Waals surface area contributed by atoms with E-state index in [2.05, 4.69) is 30.7 Å². The Bertz CT molecular complexity index is 1530. The first-order valence-electron chi connectivity index (χ1n) is 10.1. The van der Waals surface area contributed by atoms with Gasteiger partial charge in [0.2, 0.25) is 9.27 Å². The SMILES string of the molecule is O=C(N=c1sc(Cl)nn1Cc1ccc(-c2ccccc2-c2nnn[nH]2)cc1)c1ccccc1Cl. The van der Waals surface area contributed by atoms with Gasteiger partial charge < -0.3 is 0 Å². The molecular weight excluding hydrogens is 493 g/mol. The molecule has 0 aliphatic rings. The molecule has 3 aromatic carbocycles. The van der Waals surface area contributed by atoms with Gasteiger partial charge in [-0.1, -0.05) is 83.6 Å². The van der Waals surface area contributed by atoms with Crippen LogP contribution >= 0.6 is 34.5 Å². The zero-order valence-corrected chi connectivity index (χ0v) is 19.7. The van der Waals surface area contributed by atoms with Crippen LogP contribution in [0.1, 0.15) is 15.9 Å². The number of amides is 1. The van der Waals surface area contributed by atoms with Gasteiger partial charge >= 0.3 is 0 Å². The Morgan fingerprint density at radius 2 is 1.71 bits per heavy atom. The van der Waals surface area contributed by atoms with Crippen LogP contribution in [0.2, 0.25) is 9.49 Å². The molecule has 0 saturated carbocycles. The van der Waals surface area contributed by atoms with E-state index in [1.165, 1.54) is 0 Å². The van der Waals surface area contributed by atoms with E-state index in [4.69, 9.17) is 23.2 Å². The molecule has 0 aliphatic heterocycles. The zero-order chi connectivity index (χ0) is 23.5. The summed E-state index contributed by atoms with van der Waals surface area (Å²) in [6.07, 6.45) is 0. The topological polar surface area (TPSA) is 102 Å². The number of benzene rings is 3. The molecule has 0 radical (unpaired) electrons. The van der Waals surface area contributed by atoms with E-state index in [1.807, 2.05) is 48.5 Å². The molecule has 1 amide bonds. The predicted molar refractivity (Wildman–Crippen MR) is 131 cm³/mol. The first-order valence-corrected chi connectivity index (χ1v) is 11.7. The van der Waals surface area contributed by atoms with Gasteiger partial charge in [-0.05, 0) is 50.9 Å². The van der Waals surface area contributed by atoms with Crippen LogP contribution in [0.4, 0.5) is 0 Å². The summed E-state index contributed by atoms with van der Waals surface area (Å²) < 4.78 is 1.89. The number of halogens is 2. The van der Waals surface area contributed by atoms with Crippen molar-refractivity contribution in [2.75, 3.05) is 0 Å². The van der Waals surface area contributed by atoms with E-state index in [0.29, 0.717) is 27.8 Å². The third kappa shape index (κ3) is 4.67. The number of carbonyl (C=O) groups excluding carboxylic acids is 1. The molecule has 0 bridgehead atoms. The molecule has 34 heavy (non-hydrogen) atoms. The lowest BCUT2D eigenvalue weighted by molar-refractivity contribution is 0.0997. The van der Waals surface area contributed by atoms with E-state index in [0.717, 1.165) is 33.6 Å². The highest BCUT2D eigenvalue weighted by molar-refractivity contribution is 7.13. The number of hydrogen-bond acceptors (Lipinski definition) is 6. The van der Waals surface area contributed by atoms with E-state index < -0.39 is 5.91 Å². The lowest BCUT2D eigenvalue weighted by Crippen LogP contribution is -2.19. The number of carbonyl (C=O) groups is 1. The summed E-state index contributed by atoms with van der Waals surface area (Å²) in [5, 5.41) is 18.8. The van der Waals surface area contributed by atoms with Crippen LogP contribution in [0.25, 0.3) is 22.5 Å². The fraction of sp³-hybridized carbons (Fsp3) is 0.0435. The number of H-pyrrole nitrogens is 1. The van der Waals surface area contributed by atoms with Crippen molar-refractivity contribution in [2.45, 2.75) is 6.54 Å². The standard InChI is InChI=1S/C23H15Cl2N7OS/c24-19-8-4-3-7-18(19)21(33)26-23-32(29-22(25)34-23)13-14-9-11-15(12-10-14)16-5-1-2-6-17(16)20-27-30-31-28-20/h1-12H,13H2,(H,27,28,30,31). The second-order valence-corrected chi connectivity index (χ2v) is 9.13. The molecule has 5 rings (SSSR count). The molecule has 8 nitrogen and oxygen atoms in total. The van der Waals surface area contributed by atoms with Crippen LogP contribution in [0.3, 0.4) is 0 Å². The Morgan fingerprint density at radius 1 is 0.971 bits per heavy atom. The lowest BCUT2D eigenvalue weighted by atomic mass is 9.98. The minimum Gasteiger partial charge on any atom is -0.267 e. The number of rotatable bonds is 5. The van der Waals surface area contributed by atoms with Crippen LogP contribution in [0.5, 0.6) is 0 Å². The van der Waals surface area contributed by atoms with Crippen LogP contribution < -0.4 is 4.80 Å². The van der Waals surface area contributed by atoms with E-state index in [1.54, 1.807) is 28.9 Å². The smallest absolute Gasteiger partial charge is 0.267 e. The number of aromatic amines is 1. The molecule has 168 valence electrons. The second kappa shape index (κ2) is 9.68. The Labute approximate surface area is 207 Å². The Hall–Kier alpha value is -3.66. The molecule has 0 fully saturated rings. The van der Waals surface area contributed by atoms with Crippen molar-refractivity contribution in [1.82, 2.24) is 30.4 Å². The second-order valence-electron chi connectivity index (χ2n) is 7.18. The average Bonchev–Trinajstić information content (AvgIpc) is 3.50. The van der Waals surface area contributed by atoms with E-state index in [9.17, 15) is 4.79 Å². The van der Waals surface area contributed by atoms with Crippen LogP contribution in [-0.4, -0.2) is 36.3 Å². The highest BCUT2D eigenvalue weighted by Crippen LogP contribution is 2.29. The molecular formula is C23H15Cl2N7OS. The van der Waals surface area contributed by atoms with Gasteiger partial charge in [-0.15, -0.1) is 10.2 Å². The van der Waals surface area contributed by atoms with E-state index in [-0.39, 0.29) is 4.47 Å². The number of tetrazole rings is 1. The molecule has 11 heteroatoms. The third-order valence-electron chi connectivity index (χ3n) is 5.02. The molecule has 2 aromatic heterocycles. The molecule has 2 heterocycles. The summed E-state index contributed by atoms with van der Waals surface area (Å²) in [5.74, 6) is 0.148. The lowest BCUT2D eigenvalue weighted by Gasteiger charge is -2.08. The van der Waals surface area contributed by atoms with Gasteiger partial charge in [-0.3, -0.25) is 4.79 Å². The average molecular weight is 508 g/mol. The molecule has 1 N–H and O–H groups in total. The van der Waals surface area contributed by atoms with Crippen LogP contribution in [-0.2, 0) is 6.54 Å². The van der Waals surface area contributed by atoms with Gasteiger partial charge in [0.1, 0.15) is 0 Å². The normalized spacial score (nSPS) is 11.6. The summed E-state index contributed by atoms with van der Waals surface area (Å²) in [5.41, 5.74) is 4.20. The van der Waals surface area contributed by atoms with E-state index >= 15 is 0 Å². The van der Waals surface area contributed by atoms with Gasteiger partial charge in [-0.2, -0.15) is 4.99 Å². The molecule has 0 saturated heterocycles. The number of nitrogens with one attached hydrogen (secondary N) is 1. The van der Waals surface area contributed by atoms with Crippen LogP contribution in [0.15, 0.2) is 77.8 Å². The van der Waals surface area contributed by atoms with Crippen molar-refractivity contribution in [1.29, 1.82) is 0 Å². The van der Waals surface area contributed by atoms with Crippen molar-refractivity contribution in [3.05, 3.63) is 98.2 Å². The summed E-state index contributed by atoms with van der Waals surface area (Å²) in [6.45, 7) is 0.395. The summed E-state index contributed by atoms with van der Waals surface area (Å²) in [7, 11) is 0. The van der Waals surface area contributed by atoms with Gasteiger partial charge in [0.25, 0.3) is 5.91 Å². The minimum atomic E-state index is -0.450. The van der Waals surface area contributed by atoms with Gasteiger partial charge in [0, 0.05) is 5.56 Å². The highest BCUT2D eigenvalue weighted by Gasteiger charge is 2.12. The fourth-order valence-electron chi connectivity index (χ4n) is 3.43. The van der Waals surface area contributed by atoms with Crippen molar-refractivity contribution < 1.29 is 4.79 Å². The van der Waals surface area contributed by atoms with Gasteiger partial charge in [-0.25, -0.2) is 9.78 Å². The van der Waals surface area contributed by atoms with Crippen molar-refractivity contribution in [3.63, 3.8) is 0 Å². The Balaban J connectivity index is 1.42. The first-order chi connectivity index (χ1) is 16.6. The third-order valence-corrected chi connectivity index (χ3v) is 6.39. The largest absolute Gasteiger partial charge is 0.281 e. The first kappa shape index (κ1) is 22.1. The number of hydrogen-bond donors (Lipinski definition) is 1. The van der Waals surface area contributed by atoms with Crippen molar-refractivity contribution in [3.8, 4) is 22.5 Å². The zero-order valence-electron chi connectivity index (χ0n) is 17.4. The Morgan fingerprint density at radius 3 is 2.44 bits per heavy atom. The Kier molecular flexibility index (Phi) is 6.31. The monoisotopic (exact) mass is 507 g/mol. The van der Waals surface area contributed by atoms with Crippen molar-refractivity contribution >= 4 is 40.4 Å². The fourth-order valence-corrected chi connectivity index (χ4v) is 4.57. The molecule has 0 spiro atoms. The minimum absolute atomic E-state index is 0.289. The summed E-state index contributed by atoms with van der Waals surface area (Å²) in [6, 6.07) is 22.7. The molecule has 0 unspecified atom stereocenters. The maximum absolute atomic E-state index is 12.6. The highest BCUT2D eigenvalue weighted by atomic mass is 35.5. The predicted octanol–water partition coefficient (Wildman–Crippen LogP) is 4.89. The van der Waals surface area contributed by atoms with Gasteiger partial charge in [0.05, 0.1) is 17.1 Å². The summed E-state index contributed by atoms with van der Waals surface area (Å²) in [4.78, 5) is 17.2. The maximum Gasteiger partial charge on any atom is 0.281 e. The summed E-state index contributed by atoms with van der Waals surface area (Å²) >= 11 is 13.4. The molecule has 5 aromatic rings. The van der Waals surface area contributed by atoms with Gasteiger partial charge in [0.15, 0.2) is 5.82 Å². The molecule has 0 atom stereocenters. The number of nitrogens with zero attached hydrogens (tertiary/aromatic N) is 6. The number of aromatic nitrogens is 6.